The van der Waals surface area contributed by atoms with Gasteiger partial charge >= 0.3 is 6.18 Å². The summed E-state index contributed by atoms with van der Waals surface area (Å²) in [6, 6.07) is 3.34. The summed E-state index contributed by atoms with van der Waals surface area (Å²) in [5.41, 5.74) is -0.562. The zero-order chi connectivity index (χ0) is 15.1. The third-order valence-electron chi connectivity index (χ3n) is 3.69. The summed E-state index contributed by atoms with van der Waals surface area (Å²) in [5, 5.41) is 8.57. The topological polar surface area (TPSA) is 27.0 Å². The summed E-state index contributed by atoms with van der Waals surface area (Å²) in [4.78, 5) is 1.29. The monoisotopic (exact) mass is 290 g/mol. The lowest BCUT2D eigenvalue weighted by Crippen LogP contribution is -2.48. The first-order valence-electron chi connectivity index (χ1n) is 5.93. The van der Waals surface area contributed by atoms with Gasteiger partial charge < -0.3 is 4.90 Å². The van der Waals surface area contributed by atoms with Crippen LogP contribution in [0.25, 0.3) is 0 Å². The Bertz CT molecular complexity index is 555. The molecule has 0 bridgehead atoms. The van der Waals surface area contributed by atoms with E-state index in [0.717, 1.165) is 6.07 Å². The third kappa shape index (κ3) is 2.42. The number of alkyl halides is 3. The number of nitriles is 1. The Morgan fingerprint density at radius 1 is 1.20 bits per heavy atom. The molecule has 0 N–H and O–H groups in total. The maximum atomic E-state index is 13.8. The van der Waals surface area contributed by atoms with E-state index in [1.165, 1.54) is 24.1 Å². The Morgan fingerprint density at radius 2 is 1.80 bits per heavy atom. The van der Waals surface area contributed by atoms with E-state index in [1.807, 2.05) is 0 Å². The fourth-order valence-electron chi connectivity index (χ4n) is 2.27. The largest absolute Gasteiger partial charge is 0.391 e. The molecular weight excluding hydrogens is 279 g/mol. The van der Waals surface area contributed by atoms with Gasteiger partial charge in [-0.2, -0.15) is 18.4 Å². The van der Waals surface area contributed by atoms with Crippen LogP contribution >= 0.6 is 0 Å². The van der Waals surface area contributed by atoms with Crippen molar-refractivity contribution in [3.05, 3.63) is 29.3 Å². The van der Waals surface area contributed by atoms with Crippen molar-refractivity contribution < 1.29 is 22.0 Å². The molecule has 0 atom stereocenters. The van der Waals surface area contributed by atoms with Crippen molar-refractivity contribution >= 4 is 5.69 Å². The molecule has 1 fully saturated rings. The summed E-state index contributed by atoms with van der Waals surface area (Å²) >= 11 is 0. The van der Waals surface area contributed by atoms with Gasteiger partial charge in [-0.3, -0.25) is 0 Å². The van der Waals surface area contributed by atoms with Gasteiger partial charge in [0.15, 0.2) is 11.6 Å². The Labute approximate surface area is 112 Å². The highest BCUT2D eigenvalue weighted by Gasteiger charge is 2.49. The molecule has 0 spiro atoms. The second kappa shape index (κ2) is 4.93. The predicted octanol–water partition coefficient (Wildman–Crippen LogP) is 3.61. The smallest absolute Gasteiger partial charge is 0.369 e. The molecule has 2 nitrogen and oxygen atoms in total. The summed E-state index contributed by atoms with van der Waals surface area (Å²) < 4.78 is 64.4. The Balaban J connectivity index is 2.15. The molecule has 0 aliphatic heterocycles. The highest BCUT2D eigenvalue weighted by molar-refractivity contribution is 5.52. The van der Waals surface area contributed by atoms with Crippen molar-refractivity contribution in [1.82, 2.24) is 0 Å². The van der Waals surface area contributed by atoms with Gasteiger partial charge in [0.1, 0.15) is 6.07 Å². The zero-order valence-corrected chi connectivity index (χ0v) is 10.5. The van der Waals surface area contributed by atoms with E-state index in [-0.39, 0.29) is 18.5 Å². The minimum Gasteiger partial charge on any atom is -0.369 e. The fraction of sp³-hybridized carbons (Fsp3) is 0.462. The van der Waals surface area contributed by atoms with E-state index in [1.54, 1.807) is 0 Å². The lowest BCUT2D eigenvalue weighted by molar-refractivity contribution is -0.196. The highest BCUT2D eigenvalue weighted by atomic mass is 19.4. The lowest BCUT2D eigenvalue weighted by atomic mass is 9.79. The molecule has 0 radical (unpaired) electrons. The van der Waals surface area contributed by atoms with Gasteiger partial charge in [0.05, 0.1) is 17.2 Å². The standard InChI is InChI=1S/C13H11F5N2/c1-20(9-4-8(5-9)13(16,17)18)10-3-2-7(6-19)11(14)12(10)15/h2-3,8-9H,4-5H2,1H3/t8-,9+. The molecule has 0 saturated heterocycles. The lowest BCUT2D eigenvalue weighted by Gasteiger charge is -2.43. The van der Waals surface area contributed by atoms with Crippen LogP contribution in [-0.4, -0.2) is 19.3 Å². The van der Waals surface area contributed by atoms with Gasteiger partial charge in [0, 0.05) is 13.1 Å². The molecule has 2 rings (SSSR count). The molecule has 0 amide bonds. The molecule has 7 heteroatoms. The minimum absolute atomic E-state index is 0.132. The summed E-state index contributed by atoms with van der Waals surface area (Å²) in [6.45, 7) is 0. The van der Waals surface area contributed by atoms with Crippen LogP contribution in [0, 0.1) is 28.9 Å². The van der Waals surface area contributed by atoms with Gasteiger partial charge in [-0.05, 0) is 25.0 Å². The molecule has 0 heterocycles. The molecule has 20 heavy (non-hydrogen) atoms. The molecule has 1 aliphatic carbocycles. The van der Waals surface area contributed by atoms with Crippen molar-refractivity contribution in [2.24, 2.45) is 5.92 Å². The molecule has 108 valence electrons. The summed E-state index contributed by atoms with van der Waals surface area (Å²) in [5.74, 6) is -3.87. The number of rotatable bonds is 2. The van der Waals surface area contributed by atoms with Crippen molar-refractivity contribution in [1.29, 1.82) is 5.26 Å². The molecule has 0 aromatic heterocycles. The normalized spacial score (nSPS) is 22.1. The number of hydrogen-bond donors (Lipinski definition) is 0. The van der Waals surface area contributed by atoms with E-state index in [0.29, 0.717) is 0 Å². The Hall–Kier alpha value is -1.84. The van der Waals surface area contributed by atoms with E-state index in [9.17, 15) is 22.0 Å². The van der Waals surface area contributed by atoms with Crippen LogP contribution in [0.4, 0.5) is 27.6 Å². The number of halogens is 5. The summed E-state index contributed by atoms with van der Waals surface area (Å²) in [7, 11) is 1.42. The molecule has 1 aromatic carbocycles. The minimum atomic E-state index is -4.24. The van der Waals surface area contributed by atoms with Gasteiger partial charge in [0.25, 0.3) is 0 Å². The second-order valence-electron chi connectivity index (χ2n) is 4.85. The third-order valence-corrected chi connectivity index (χ3v) is 3.69. The number of hydrogen-bond acceptors (Lipinski definition) is 2. The average Bonchev–Trinajstić information content (AvgIpc) is 2.28. The zero-order valence-electron chi connectivity index (χ0n) is 10.5. The number of nitrogens with zero attached hydrogens (tertiary/aromatic N) is 2. The maximum absolute atomic E-state index is 13.8. The van der Waals surface area contributed by atoms with E-state index < -0.39 is 35.3 Å². The van der Waals surface area contributed by atoms with E-state index in [2.05, 4.69) is 0 Å². The van der Waals surface area contributed by atoms with Crippen LogP contribution < -0.4 is 4.90 Å². The predicted molar refractivity (Wildman–Crippen MR) is 62.0 cm³/mol. The van der Waals surface area contributed by atoms with Crippen molar-refractivity contribution in [3.8, 4) is 6.07 Å². The van der Waals surface area contributed by atoms with Crippen LogP contribution in [0.1, 0.15) is 18.4 Å². The van der Waals surface area contributed by atoms with Gasteiger partial charge in [-0.25, -0.2) is 8.78 Å². The molecule has 1 aromatic rings. The molecule has 1 saturated carbocycles. The molecular formula is C13H11F5N2. The van der Waals surface area contributed by atoms with Crippen molar-refractivity contribution in [3.63, 3.8) is 0 Å². The fourth-order valence-corrected chi connectivity index (χ4v) is 2.27. The molecule has 1 aliphatic rings. The first kappa shape index (κ1) is 14.6. The Kier molecular flexibility index (Phi) is 3.59. The van der Waals surface area contributed by atoms with Crippen LogP contribution in [0.3, 0.4) is 0 Å². The average molecular weight is 290 g/mol. The number of benzene rings is 1. The first-order chi connectivity index (χ1) is 9.25. The highest BCUT2D eigenvalue weighted by Crippen LogP contribution is 2.44. The summed E-state index contributed by atoms with van der Waals surface area (Å²) in [6.07, 6.45) is -4.52. The SMILES string of the molecule is CN(c1ccc(C#N)c(F)c1F)[C@H]1C[C@@H](C(F)(F)F)C1. The maximum Gasteiger partial charge on any atom is 0.391 e. The van der Waals surface area contributed by atoms with E-state index >= 15 is 0 Å². The van der Waals surface area contributed by atoms with Gasteiger partial charge in [-0.1, -0.05) is 0 Å². The first-order valence-corrected chi connectivity index (χ1v) is 5.93. The van der Waals surface area contributed by atoms with Crippen LogP contribution in [0.5, 0.6) is 0 Å². The quantitative estimate of drug-likeness (QED) is 0.778. The number of anilines is 1. The van der Waals surface area contributed by atoms with E-state index in [4.69, 9.17) is 5.26 Å². The van der Waals surface area contributed by atoms with Gasteiger partial charge in [-0.15, -0.1) is 0 Å². The molecule has 0 unspecified atom stereocenters. The Morgan fingerprint density at radius 3 is 2.30 bits per heavy atom. The van der Waals surface area contributed by atoms with Crippen LogP contribution in [0.15, 0.2) is 12.1 Å². The second-order valence-corrected chi connectivity index (χ2v) is 4.85. The van der Waals surface area contributed by atoms with Gasteiger partial charge in [0.2, 0.25) is 0 Å². The van der Waals surface area contributed by atoms with Crippen LogP contribution in [-0.2, 0) is 0 Å². The van der Waals surface area contributed by atoms with Crippen molar-refractivity contribution in [2.75, 3.05) is 11.9 Å². The van der Waals surface area contributed by atoms with Crippen molar-refractivity contribution in [2.45, 2.75) is 25.1 Å². The van der Waals surface area contributed by atoms with Crippen LogP contribution in [0.2, 0.25) is 0 Å².